The lowest BCUT2D eigenvalue weighted by Crippen LogP contribution is -2.57. The number of carboxylic acids is 1. The number of likely N-dealkylation sites (N-methyl/N-ethyl adjacent to an activating group) is 1. The van der Waals surface area contributed by atoms with E-state index < -0.39 is 11.5 Å². The Morgan fingerprint density at radius 3 is 2.16 bits per heavy atom. The van der Waals surface area contributed by atoms with Crippen LogP contribution in [0.1, 0.15) is 59.3 Å². The lowest BCUT2D eigenvalue weighted by molar-refractivity contribution is -0.147. The van der Waals surface area contributed by atoms with Gasteiger partial charge in [0, 0.05) is 12.6 Å². The summed E-state index contributed by atoms with van der Waals surface area (Å²) < 4.78 is 0. The number of carbonyl (C=O) groups is 2. The molecule has 0 aliphatic heterocycles. The monoisotopic (exact) mass is 270 g/mol. The lowest BCUT2D eigenvalue weighted by Gasteiger charge is -2.35. The van der Waals surface area contributed by atoms with Crippen LogP contribution in [-0.4, -0.2) is 40.1 Å². The van der Waals surface area contributed by atoms with E-state index in [-0.39, 0.29) is 12.1 Å². The highest BCUT2D eigenvalue weighted by molar-refractivity contribution is 5.85. The summed E-state index contributed by atoms with van der Waals surface area (Å²) in [4.78, 5) is 24.9. The summed E-state index contributed by atoms with van der Waals surface area (Å²) in [5.74, 6) is -0.981. The van der Waals surface area contributed by atoms with Crippen molar-refractivity contribution in [2.75, 3.05) is 6.54 Å². The van der Waals surface area contributed by atoms with Crippen LogP contribution < -0.4 is 5.32 Å². The number of rotatable bonds is 4. The van der Waals surface area contributed by atoms with Crippen LogP contribution in [0.15, 0.2) is 0 Å². The molecule has 0 aromatic rings. The molecule has 0 unspecified atom stereocenters. The Hall–Kier alpha value is -1.26. The summed E-state index contributed by atoms with van der Waals surface area (Å²) in [6.07, 6.45) is 6.72. The average molecular weight is 270 g/mol. The van der Waals surface area contributed by atoms with E-state index in [1.165, 1.54) is 17.7 Å². The minimum atomic E-state index is -1.18. The van der Waals surface area contributed by atoms with Crippen molar-refractivity contribution in [2.24, 2.45) is 0 Å². The highest BCUT2D eigenvalue weighted by atomic mass is 16.4. The molecule has 5 heteroatoms. The van der Waals surface area contributed by atoms with E-state index in [1.54, 1.807) is 20.8 Å². The van der Waals surface area contributed by atoms with Crippen LogP contribution >= 0.6 is 0 Å². The third-order valence-corrected chi connectivity index (χ3v) is 3.94. The molecule has 0 aromatic heterocycles. The number of carbonyl (C=O) groups excluding carboxylic acids is 1. The Bertz CT molecular complexity index is 321. The van der Waals surface area contributed by atoms with Crippen molar-refractivity contribution in [1.29, 1.82) is 0 Å². The number of aliphatic carboxylic acids is 1. The number of hydrogen-bond acceptors (Lipinski definition) is 2. The predicted molar refractivity (Wildman–Crippen MR) is 74.1 cm³/mol. The van der Waals surface area contributed by atoms with Gasteiger partial charge in [0.1, 0.15) is 5.54 Å². The maximum Gasteiger partial charge on any atom is 0.329 e. The molecule has 0 atom stereocenters. The topological polar surface area (TPSA) is 69.6 Å². The molecule has 5 nitrogen and oxygen atoms in total. The average Bonchev–Trinajstić information content (AvgIpc) is 2.57. The summed E-state index contributed by atoms with van der Waals surface area (Å²) >= 11 is 0. The maximum atomic E-state index is 12.3. The van der Waals surface area contributed by atoms with Gasteiger partial charge in [-0.3, -0.25) is 0 Å². The number of amides is 2. The molecule has 1 saturated carbocycles. The second-order valence-corrected chi connectivity index (χ2v) is 5.75. The second kappa shape index (κ2) is 6.78. The van der Waals surface area contributed by atoms with Gasteiger partial charge in [0.15, 0.2) is 0 Å². The quantitative estimate of drug-likeness (QED) is 0.771. The van der Waals surface area contributed by atoms with Crippen molar-refractivity contribution in [3.63, 3.8) is 0 Å². The SMILES string of the molecule is CCN(C(=O)NC1CCCCCC1)C(C)(C)C(=O)O. The van der Waals surface area contributed by atoms with Gasteiger partial charge in [-0.1, -0.05) is 25.7 Å². The molecule has 0 spiro atoms. The van der Waals surface area contributed by atoms with Gasteiger partial charge in [-0.05, 0) is 33.6 Å². The fourth-order valence-corrected chi connectivity index (χ4v) is 2.58. The van der Waals surface area contributed by atoms with Crippen LogP contribution in [0, 0.1) is 0 Å². The summed E-state index contributed by atoms with van der Waals surface area (Å²) in [7, 11) is 0. The molecule has 1 aliphatic rings. The van der Waals surface area contributed by atoms with E-state index in [0.29, 0.717) is 6.54 Å². The Kier molecular flexibility index (Phi) is 5.63. The van der Waals surface area contributed by atoms with E-state index in [1.807, 2.05) is 0 Å². The van der Waals surface area contributed by atoms with Gasteiger partial charge in [-0.25, -0.2) is 9.59 Å². The van der Waals surface area contributed by atoms with Crippen LogP contribution in [0.5, 0.6) is 0 Å². The number of urea groups is 1. The molecule has 0 bridgehead atoms. The highest BCUT2D eigenvalue weighted by Gasteiger charge is 2.37. The zero-order valence-corrected chi connectivity index (χ0v) is 12.2. The van der Waals surface area contributed by atoms with Gasteiger partial charge >= 0.3 is 12.0 Å². The van der Waals surface area contributed by atoms with E-state index in [0.717, 1.165) is 25.7 Å². The Morgan fingerprint density at radius 2 is 1.74 bits per heavy atom. The lowest BCUT2D eigenvalue weighted by atomic mass is 10.0. The smallest absolute Gasteiger partial charge is 0.329 e. The molecule has 0 heterocycles. The van der Waals surface area contributed by atoms with E-state index >= 15 is 0 Å². The van der Waals surface area contributed by atoms with Crippen molar-refractivity contribution in [2.45, 2.75) is 70.9 Å². The van der Waals surface area contributed by atoms with Crippen LogP contribution in [0.3, 0.4) is 0 Å². The second-order valence-electron chi connectivity index (χ2n) is 5.75. The van der Waals surface area contributed by atoms with Crippen LogP contribution in [0.4, 0.5) is 4.79 Å². The van der Waals surface area contributed by atoms with Gasteiger partial charge in [0.25, 0.3) is 0 Å². The fourth-order valence-electron chi connectivity index (χ4n) is 2.58. The molecule has 0 radical (unpaired) electrons. The molecule has 1 aliphatic carbocycles. The van der Waals surface area contributed by atoms with E-state index in [2.05, 4.69) is 5.32 Å². The first-order valence-electron chi connectivity index (χ1n) is 7.21. The van der Waals surface area contributed by atoms with Crippen molar-refractivity contribution in [3.8, 4) is 0 Å². The minimum Gasteiger partial charge on any atom is -0.480 e. The predicted octanol–water partition coefficient (Wildman–Crippen LogP) is 2.60. The van der Waals surface area contributed by atoms with Crippen LogP contribution in [0.2, 0.25) is 0 Å². The molecule has 0 saturated heterocycles. The third-order valence-electron chi connectivity index (χ3n) is 3.94. The summed E-state index contributed by atoms with van der Waals surface area (Å²) in [6, 6.07) is -0.0737. The first kappa shape index (κ1) is 15.8. The standard InChI is InChI=1S/C14H26N2O3/c1-4-16(14(2,3)12(17)18)13(19)15-11-9-7-5-6-8-10-11/h11H,4-10H2,1-3H3,(H,15,19)(H,17,18). The number of carboxylic acid groups (broad SMARTS) is 1. The zero-order valence-electron chi connectivity index (χ0n) is 12.2. The Balaban J connectivity index is 2.65. The van der Waals surface area contributed by atoms with Crippen LogP contribution in [-0.2, 0) is 4.79 Å². The zero-order chi connectivity index (χ0) is 14.5. The summed E-state index contributed by atoms with van der Waals surface area (Å²) in [5, 5.41) is 12.2. The van der Waals surface area contributed by atoms with Crippen molar-refractivity contribution in [3.05, 3.63) is 0 Å². The largest absolute Gasteiger partial charge is 0.480 e. The molecular weight excluding hydrogens is 244 g/mol. The van der Waals surface area contributed by atoms with Crippen molar-refractivity contribution >= 4 is 12.0 Å². The van der Waals surface area contributed by atoms with Crippen molar-refractivity contribution in [1.82, 2.24) is 10.2 Å². The van der Waals surface area contributed by atoms with Gasteiger partial charge in [0.2, 0.25) is 0 Å². The third kappa shape index (κ3) is 4.11. The van der Waals surface area contributed by atoms with Gasteiger partial charge in [-0.2, -0.15) is 0 Å². The number of hydrogen-bond donors (Lipinski definition) is 2. The van der Waals surface area contributed by atoms with Gasteiger partial charge in [0.05, 0.1) is 0 Å². The molecule has 1 rings (SSSR count). The normalized spacial score (nSPS) is 17.6. The van der Waals surface area contributed by atoms with Crippen LogP contribution in [0.25, 0.3) is 0 Å². The molecule has 19 heavy (non-hydrogen) atoms. The number of nitrogens with one attached hydrogen (secondary N) is 1. The Labute approximate surface area is 115 Å². The molecular formula is C14H26N2O3. The highest BCUT2D eigenvalue weighted by Crippen LogP contribution is 2.19. The summed E-state index contributed by atoms with van der Waals surface area (Å²) in [6.45, 7) is 5.31. The molecule has 1 fully saturated rings. The maximum absolute atomic E-state index is 12.3. The van der Waals surface area contributed by atoms with Gasteiger partial charge in [-0.15, -0.1) is 0 Å². The first-order chi connectivity index (χ1) is 8.89. The molecule has 0 aromatic carbocycles. The fraction of sp³-hybridized carbons (Fsp3) is 0.857. The van der Waals surface area contributed by atoms with Crippen molar-refractivity contribution < 1.29 is 14.7 Å². The minimum absolute atomic E-state index is 0.189. The van der Waals surface area contributed by atoms with E-state index in [4.69, 9.17) is 0 Å². The number of nitrogens with zero attached hydrogens (tertiary/aromatic N) is 1. The molecule has 2 amide bonds. The van der Waals surface area contributed by atoms with Gasteiger partial charge < -0.3 is 15.3 Å². The van der Waals surface area contributed by atoms with E-state index in [9.17, 15) is 14.7 Å². The molecule has 2 N–H and O–H groups in total. The Morgan fingerprint density at radius 1 is 1.21 bits per heavy atom. The first-order valence-corrected chi connectivity index (χ1v) is 7.21. The summed E-state index contributed by atoms with van der Waals surface area (Å²) in [5.41, 5.74) is -1.18. The molecule has 110 valence electrons.